The Balaban J connectivity index is 1.39. The van der Waals surface area contributed by atoms with Crippen LogP contribution >= 0.6 is 11.3 Å². The summed E-state index contributed by atoms with van der Waals surface area (Å²) < 4.78 is 21.5. The lowest BCUT2D eigenvalue weighted by Crippen LogP contribution is -2.10. The first-order chi connectivity index (χ1) is 14.1. The second kappa shape index (κ2) is 8.24. The zero-order valence-electron chi connectivity index (χ0n) is 15.5. The summed E-state index contributed by atoms with van der Waals surface area (Å²) in [7, 11) is 1.90. The van der Waals surface area contributed by atoms with Crippen LogP contribution in [0.3, 0.4) is 0 Å². The van der Waals surface area contributed by atoms with E-state index >= 15 is 0 Å². The van der Waals surface area contributed by atoms with Gasteiger partial charge in [0.15, 0.2) is 0 Å². The number of aryl methyl sites for hydroxylation is 1. The van der Waals surface area contributed by atoms with Gasteiger partial charge in [-0.05, 0) is 36.4 Å². The van der Waals surface area contributed by atoms with Gasteiger partial charge in [-0.15, -0.1) is 11.3 Å². The summed E-state index contributed by atoms with van der Waals surface area (Å²) in [6, 6.07) is 13.4. The van der Waals surface area contributed by atoms with E-state index in [4.69, 9.17) is 4.74 Å². The number of carbonyl (C=O) groups excluding carboxylic acids is 1. The Labute approximate surface area is 170 Å². The number of aromatic nitrogens is 3. The Morgan fingerprint density at radius 2 is 1.97 bits per heavy atom. The van der Waals surface area contributed by atoms with E-state index in [0.29, 0.717) is 33.5 Å². The van der Waals surface area contributed by atoms with Crippen molar-refractivity contribution in [1.82, 2.24) is 14.5 Å². The molecule has 0 spiro atoms. The molecule has 2 aromatic carbocycles. The quantitative estimate of drug-likeness (QED) is 0.510. The summed E-state index contributed by atoms with van der Waals surface area (Å²) in [4.78, 5) is 21.2. The standard InChI is InChI=1S/C21H17FN4O2S/c1-26-11-10-23-19(26)13-28-15-8-6-14(7-9-15)25-20(27)18-12-24-21(29-18)16-4-2-3-5-17(16)22/h2-12H,13H2,1H3,(H,25,27). The first-order valence-corrected chi connectivity index (χ1v) is 9.63. The molecule has 2 heterocycles. The first kappa shape index (κ1) is 18.8. The smallest absolute Gasteiger partial charge is 0.267 e. The predicted molar refractivity (Wildman–Crippen MR) is 109 cm³/mol. The van der Waals surface area contributed by atoms with E-state index in [1.165, 1.54) is 12.3 Å². The molecule has 0 saturated carbocycles. The molecule has 0 fully saturated rings. The number of carbonyl (C=O) groups is 1. The number of rotatable bonds is 6. The van der Waals surface area contributed by atoms with Gasteiger partial charge in [-0.3, -0.25) is 4.79 Å². The highest BCUT2D eigenvalue weighted by Crippen LogP contribution is 2.28. The van der Waals surface area contributed by atoms with Crippen molar-refractivity contribution in [2.45, 2.75) is 6.61 Å². The summed E-state index contributed by atoms with van der Waals surface area (Å²) in [5.74, 6) is 0.825. The minimum Gasteiger partial charge on any atom is -0.486 e. The van der Waals surface area contributed by atoms with Gasteiger partial charge in [0, 0.05) is 30.7 Å². The molecular weight excluding hydrogens is 391 g/mol. The Bertz CT molecular complexity index is 1140. The summed E-state index contributed by atoms with van der Waals surface area (Å²) >= 11 is 1.14. The molecule has 4 rings (SSSR count). The molecule has 0 aliphatic heterocycles. The van der Waals surface area contributed by atoms with Crippen LogP contribution in [0.4, 0.5) is 10.1 Å². The molecule has 1 amide bonds. The van der Waals surface area contributed by atoms with Gasteiger partial charge in [0.05, 0.1) is 6.20 Å². The molecule has 6 nitrogen and oxygen atoms in total. The highest BCUT2D eigenvalue weighted by atomic mass is 32.1. The van der Waals surface area contributed by atoms with Crippen LogP contribution in [0.5, 0.6) is 5.75 Å². The van der Waals surface area contributed by atoms with Crippen LogP contribution in [-0.2, 0) is 13.7 Å². The molecule has 0 radical (unpaired) electrons. The number of benzene rings is 2. The van der Waals surface area contributed by atoms with Gasteiger partial charge in [0.1, 0.15) is 33.9 Å². The van der Waals surface area contributed by atoms with Gasteiger partial charge < -0.3 is 14.6 Å². The van der Waals surface area contributed by atoms with Crippen LogP contribution in [0.25, 0.3) is 10.6 Å². The zero-order chi connectivity index (χ0) is 20.2. The number of halogens is 1. The zero-order valence-corrected chi connectivity index (χ0v) is 16.3. The van der Waals surface area contributed by atoms with Crippen LogP contribution in [-0.4, -0.2) is 20.4 Å². The molecule has 29 heavy (non-hydrogen) atoms. The second-order valence-electron chi connectivity index (χ2n) is 6.23. The summed E-state index contributed by atoms with van der Waals surface area (Å²) in [5, 5.41) is 3.27. The summed E-state index contributed by atoms with van der Waals surface area (Å²) in [6.07, 6.45) is 5.02. The van der Waals surface area contributed by atoms with Gasteiger partial charge in [-0.1, -0.05) is 12.1 Å². The number of amides is 1. The average Bonchev–Trinajstić information content (AvgIpc) is 3.37. The monoisotopic (exact) mass is 408 g/mol. The molecule has 0 saturated heterocycles. The number of imidazole rings is 1. The first-order valence-electron chi connectivity index (χ1n) is 8.81. The van der Waals surface area contributed by atoms with E-state index in [1.807, 2.05) is 17.8 Å². The fraction of sp³-hybridized carbons (Fsp3) is 0.0952. The molecule has 0 atom stereocenters. The average molecular weight is 408 g/mol. The third kappa shape index (κ3) is 4.33. The van der Waals surface area contributed by atoms with Crippen LogP contribution in [0.15, 0.2) is 67.1 Å². The summed E-state index contributed by atoms with van der Waals surface area (Å²) in [5.41, 5.74) is 1.01. The topological polar surface area (TPSA) is 69.0 Å². The van der Waals surface area contributed by atoms with Gasteiger partial charge >= 0.3 is 0 Å². The third-order valence-electron chi connectivity index (χ3n) is 4.23. The molecule has 0 aliphatic carbocycles. The van der Waals surface area contributed by atoms with Crippen LogP contribution < -0.4 is 10.1 Å². The van der Waals surface area contributed by atoms with Crippen molar-refractivity contribution in [2.75, 3.05) is 5.32 Å². The van der Waals surface area contributed by atoms with Crippen molar-refractivity contribution in [3.63, 3.8) is 0 Å². The van der Waals surface area contributed by atoms with Crippen molar-refractivity contribution < 1.29 is 13.9 Å². The van der Waals surface area contributed by atoms with Gasteiger partial charge in [-0.25, -0.2) is 14.4 Å². The lowest BCUT2D eigenvalue weighted by Gasteiger charge is -2.08. The van der Waals surface area contributed by atoms with E-state index in [0.717, 1.165) is 17.2 Å². The number of hydrogen-bond donors (Lipinski definition) is 1. The van der Waals surface area contributed by atoms with Crippen molar-refractivity contribution in [3.8, 4) is 16.3 Å². The van der Waals surface area contributed by atoms with Crippen LogP contribution in [0.2, 0.25) is 0 Å². The number of nitrogens with one attached hydrogen (secondary N) is 1. The largest absolute Gasteiger partial charge is 0.486 e. The van der Waals surface area contributed by atoms with E-state index in [9.17, 15) is 9.18 Å². The van der Waals surface area contributed by atoms with Crippen molar-refractivity contribution in [2.24, 2.45) is 7.05 Å². The molecule has 1 N–H and O–H groups in total. The Hall–Kier alpha value is -3.52. The number of anilines is 1. The highest BCUT2D eigenvalue weighted by Gasteiger charge is 2.14. The lowest BCUT2D eigenvalue weighted by atomic mass is 10.2. The molecule has 8 heteroatoms. The van der Waals surface area contributed by atoms with E-state index in [2.05, 4.69) is 15.3 Å². The maximum atomic E-state index is 13.9. The maximum absolute atomic E-state index is 13.9. The van der Waals surface area contributed by atoms with Crippen LogP contribution in [0.1, 0.15) is 15.5 Å². The lowest BCUT2D eigenvalue weighted by molar-refractivity contribution is 0.103. The van der Waals surface area contributed by atoms with E-state index in [-0.39, 0.29) is 11.7 Å². The molecular formula is C21H17FN4O2S. The Morgan fingerprint density at radius 1 is 1.17 bits per heavy atom. The fourth-order valence-corrected chi connectivity index (χ4v) is 3.49. The number of thiazole rings is 1. The number of ether oxygens (including phenoxy) is 1. The Morgan fingerprint density at radius 3 is 2.69 bits per heavy atom. The molecule has 146 valence electrons. The highest BCUT2D eigenvalue weighted by molar-refractivity contribution is 7.17. The Kier molecular flexibility index (Phi) is 5.35. The normalized spacial score (nSPS) is 10.7. The van der Waals surface area contributed by atoms with E-state index < -0.39 is 0 Å². The third-order valence-corrected chi connectivity index (χ3v) is 5.26. The minimum absolute atomic E-state index is 0.299. The van der Waals surface area contributed by atoms with Gasteiger partial charge in [0.2, 0.25) is 0 Å². The van der Waals surface area contributed by atoms with Crippen molar-refractivity contribution >= 4 is 22.9 Å². The summed E-state index contributed by atoms with van der Waals surface area (Å²) in [6.45, 7) is 0.356. The number of hydrogen-bond acceptors (Lipinski definition) is 5. The van der Waals surface area contributed by atoms with Gasteiger partial charge in [0.25, 0.3) is 5.91 Å². The molecule has 0 bridgehead atoms. The number of nitrogens with zero attached hydrogens (tertiary/aromatic N) is 3. The van der Waals surface area contributed by atoms with Crippen molar-refractivity contribution in [1.29, 1.82) is 0 Å². The van der Waals surface area contributed by atoms with E-state index in [1.54, 1.807) is 48.7 Å². The molecule has 0 unspecified atom stereocenters. The maximum Gasteiger partial charge on any atom is 0.267 e. The van der Waals surface area contributed by atoms with Gasteiger partial charge in [-0.2, -0.15) is 0 Å². The fourth-order valence-electron chi connectivity index (χ4n) is 2.65. The molecule has 2 aromatic heterocycles. The SMILES string of the molecule is Cn1ccnc1COc1ccc(NC(=O)c2cnc(-c3ccccc3F)s2)cc1. The molecule has 4 aromatic rings. The minimum atomic E-state index is -0.366. The van der Waals surface area contributed by atoms with Crippen molar-refractivity contribution in [3.05, 3.63) is 83.6 Å². The predicted octanol–water partition coefficient (Wildman–Crippen LogP) is 4.51. The second-order valence-corrected chi connectivity index (χ2v) is 7.26. The molecule has 0 aliphatic rings. The van der Waals surface area contributed by atoms with Crippen LogP contribution in [0, 0.1) is 5.82 Å².